The maximum atomic E-state index is 13.2. The zero-order valence-electron chi connectivity index (χ0n) is 8.53. The standard InChI is InChI=1S/C11H14FNO2/c1-7-2-3-8(5-10(7)12)4-9(6-13)11(14)15/h2-3,5,9H,4,6,13H2,1H3,(H,14,15). The first-order valence-corrected chi connectivity index (χ1v) is 4.72. The number of hydrogen-bond acceptors (Lipinski definition) is 2. The topological polar surface area (TPSA) is 63.3 Å². The molecule has 0 heterocycles. The first-order valence-electron chi connectivity index (χ1n) is 4.72. The van der Waals surface area contributed by atoms with E-state index < -0.39 is 11.9 Å². The molecular formula is C11H14FNO2. The summed E-state index contributed by atoms with van der Waals surface area (Å²) in [5.74, 6) is -1.90. The molecule has 3 nitrogen and oxygen atoms in total. The van der Waals surface area contributed by atoms with E-state index in [1.54, 1.807) is 19.1 Å². The quantitative estimate of drug-likeness (QED) is 0.789. The second kappa shape index (κ2) is 4.89. The molecule has 82 valence electrons. The minimum absolute atomic E-state index is 0.0603. The molecule has 0 aromatic heterocycles. The summed E-state index contributed by atoms with van der Waals surface area (Å²) in [7, 11) is 0. The highest BCUT2D eigenvalue weighted by atomic mass is 19.1. The van der Waals surface area contributed by atoms with Gasteiger partial charge in [0.25, 0.3) is 0 Å². The first kappa shape index (κ1) is 11.7. The zero-order chi connectivity index (χ0) is 11.4. The van der Waals surface area contributed by atoms with Gasteiger partial charge in [-0.05, 0) is 30.5 Å². The van der Waals surface area contributed by atoms with Gasteiger partial charge in [-0.1, -0.05) is 12.1 Å². The monoisotopic (exact) mass is 211 g/mol. The largest absolute Gasteiger partial charge is 0.481 e. The summed E-state index contributed by atoms with van der Waals surface area (Å²) in [4.78, 5) is 10.7. The average molecular weight is 211 g/mol. The summed E-state index contributed by atoms with van der Waals surface area (Å²) >= 11 is 0. The van der Waals surface area contributed by atoms with Crippen LogP contribution in [0.2, 0.25) is 0 Å². The van der Waals surface area contributed by atoms with Crippen molar-refractivity contribution in [2.75, 3.05) is 6.54 Å². The molecule has 0 aliphatic heterocycles. The van der Waals surface area contributed by atoms with Crippen LogP contribution >= 0.6 is 0 Å². The van der Waals surface area contributed by atoms with Crippen molar-refractivity contribution in [3.63, 3.8) is 0 Å². The first-order chi connectivity index (χ1) is 7.04. The minimum Gasteiger partial charge on any atom is -0.481 e. The van der Waals surface area contributed by atoms with E-state index in [2.05, 4.69) is 0 Å². The Hall–Kier alpha value is -1.42. The maximum absolute atomic E-state index is 13.2. The predicted octanol–water partition coefficient (Wildman–Crippen LogP) is 1.34. The predicted molar refractivity (Wildman–Crippen MR) is 55.0 cm³/mol. The number of nitrogens with two attached hydrogens (primary N) is 1. The Bertz CT molecular complexity index is 366. The Morgan fingerprint density at radius 3 is 2.73 bits per heavy atom. The van der Waals surface area contributed by atoms with Crippen LogP contribution in [0, 0.1) is 18.7 Å². The lowest BCUT2D eigenvalue weighted by molar-refractivity contribution is -0.141. The maximum Gasteiger partial charge on any atom is 0.308 e. The van der Waals surface area contributed by atoms with Crippen LogP contribution in [-0.4, -0.2) is 17.6 Å². The lowest BCUT2D eigenvalue weighted by Gasteiger charge is -2.09. The third-order valence-electron chi connectivity index (χ3n) is 2.35. The molecule has 0 aliphatic rings. The van der Waals surface area contributed by atoms with Gasteiger partial charge in [-0.25, -0.2) is 4.39 Å². The molecule has 0 bridgehead atoms. The number of carboxylic acids is 1. The zero-order valence-corrected chi connectivity index (χ0v) is 8.53. The van der Waals surface area contributed by atoms with E-state index in [-0.39, 0.29) is 18.8 Å². The normalized spacial score (nSPS) is 12.5. The van der Waals surface area contributed by atoms with Crippen LogP contribution in [0.1, 0.15) is 11.1 Å². The van der Waals surface area contributed by atoms with E-state index in [9.17, 15) is 9.18 Å². The number of rotatable bonds is 4. The molecule has 0 saturated carbocycles. The van der Waals surface area contributed by atoms with Crippen LogP contribution in [0.5, 0.6) is 0 Å². The highest BCUT2D eigenvalue weighted by molar-refractivity contribution is 5.70. The molecule has 15 heavy (non-hydrogen) atoms. The van der Waals surface area contributed by atoms with Crippen LogP contribution in [0.25, 0.3) is 0 Å². The summed E-state index contributed by atoms with van der Waals surface area (Å²) in [5.41, 5.74) is 6.53. The van der Waals surface area contributed by atoms with Gasteiger partial charge in [0.05, 0.1) is 5.92 Å². The molecule has 0 fully saturated rings. The molecule has 0 saturated heterocycles. The fraction of sp³-hybridized carbons (Fsp3) is 0.364. The number of aliphatic carboxylic acids is 1. The highest BCUT2D eigenvalue weighted by Crippen LogP contribution is 2.13. The van der Waals surface area contributed by atoms with Gasteiger partial charge in [-0.3, -0.25) is 4.79 Å². The highest BCUT2D eigenvalue weighted by Gasteiger charge is 2.16. The molecule has 1 aromatic carbocycles. The van der Waals surface area contributed by atoms with Crippen molar-refractivity contribution >= 4 is 5.97 Å². The van der Waals surface area contributed by atoms with Gasteiger partial charge >= 0.3 is 5.97 Å². The number of carboxylic acid groups (broad SMARTS) is 1. The Morgan fingerprint density at radius 1 is 1.60 bits per heavy atom. The van der Waals surface area contributed by atoms with E-state index in [1.807, 2.05) is 0 Å². The number of benzene rings is 1. The van der Waals surface area contributed by atoms with Gasteiger partial charge in [-0.2, -0.15) is 0 Å². The lowest BCUT2D eigenvalue weighted by Crippen LogP contribution is -2.25. The molecule has 1 unspecified atom stereocenters. The second-order valence-electron chi connectivity index (χ2n) is 3.56. The molecule has 1 atom stereocenters. The molecule has 4 heteroatoms. The molecule has 1 rings (SSSR count). The van der Waals surface area contributed by atoms with Crippen molar-refractivity contribution < 1.29 is 14.3 Å². The summed E-state index contributed by atoms with van der Waals surface area (Å²) in [6, 6.07) is 4.73. The van der Waals surface area contributed by atoms with E-state index in [0.717, 1.165) is 0 Å². The summed E-state index contributed by atoms with van der Waals surface area (Å²) in [5, 5.41) is 8.78. The van der Waals surface area contributed by atoms with E-state index >= 15 is 0 Å². The fourth-order valence-corrected chi connectivity index (χ4v) is 1.32. The Labute approximate surface area is 87.7 Å². The Kier molecular flexibility index (Phi) is 3.80. The van der Waals surface area contributed by atoms with Gasteiger partial charge in [0.2, 0.25) is 0 Å². The summed E-state index contributed by atoms with van der Waals surface area (Å²) < 4.78 is 13.2. The molecule has 0 radical (unpaired) electrons. The van der Waals surface area contributed by atoms with Crippen molar-refractivity contribution in [3.8, 4) is 0 Å². The minimum atomic E-state index is -0.946. The van der Waals surface area contributed by atoms with Crippen LogP contribution in [0.4, 0.5) is 4.39 Å². The smallest absolute Gasteiger partial charge is 0.308 e. The van der Waals surface area contributed by atoms with Crippen LogP contribution in [0.3, 0.4) is 0 Å². The van der Waals surface area contributed by atoms with Crippen molar-refractivity contribution in [1.82, 2.24) is 0 Å². The number of carbonyl (C=O) groups is 1. The van der Waals surface area contributed by atoms with E-state index in [1.165, 1.54) is 6.07 Å². The van der Waals surface area contributed by atoms with Gasteiger partial charge in [0.15, 0.2) is 0 Å². The molecule has 0 amide bonds. The van der Waals surface area contributed by atoms with Crippen LogP contribution < -0.4 is 5.73 Å². The van der Waals surface area contributed by atoms with Gasteiger partial charge in [-0.15, -0.1) is 0 Å². The van der Waals surface area contributed by atoms with Crippen LogP contribution in [0.15, 0.2) is 18.2 Å². The molecule has 0 aliphatic carbocycles. The number of hydrogen-bond donors (Lipinski definition) is 2. The molecule has 0 spiro atoms. The SMILES string of the molecule is Cc1ccc(CC(CN)C(=O)O)cc1F. The second-order valence-corrected chi connectivity index (χ2v) is 3.56. The van der Waals surface area contributed by atoms with Gasteiger partial charge < -0.3 is 10.8 Å². The van der Waals surface area contributed by atoms with Crippen molar-refractivity contribution in [1.29, 1.82) is 0 Å². The number of halogens is 1. The van der Waals surface area contributed by atoms with Gasteiger partial charge in [0, 0.05) is 6.54 Å². The molecule has 1 aromatic rings. The van der Waals surface area contributed by atoms with Crippen molar-refractivity contribution in [3.05, 3.63) is 35.1 Å². The van der Waals surface area contributed by atoms with E-state index in [0.29, 0.717) is 11.1 Å². The summed E-state index contributed by atoms with van der Waals surface area (Å²) in [6.07, 6.45) is 0.267. The van der Waals surface area contributed by atoms with Crippen molar-refractivity contribution in [2.24, 2.45) is 11.7 Å². The fourth-order valence-electron chi connectivity index (χ4n) is 1.32. The van der Waals surface area contributed by atoms with E-state index in [4.69, 9.17) is 10.8 Å². The third-order valence-corrected chi connectivity index (χ3v) is 2.35. The lowest BCUT2D eigenvalue weighted by atomic mass is 9.99. The third kappa shape index (κ3) is 3.02. The van der Waals surface area contributed by atoms with Crippen molar-refractivity contribution in [2.45, 2.75) is 13.3 Å². The number of aryl methyl sites for hydroxylation is 1. The average Bonchev–Trinajstić information content (AvgIpc) is 2.19. The van der Waals surface area contributed by atoms with Crippen LogP contribution in [-0.2, 0) is 11.2 Å². The molecular weight excluding hydrogens is 197 g/mol. The Balaban J connectivity index is 2.80. The Morgan fingerprint density at radius 2 is 2.27 bits per heavy atom. The molecule has 3 N–H and O–H groups in total. The van der Waals surface area contributed by atoms with Gasteiger partial charge in [0.1, 0.15) is 5.82 Å². The summed E-state index contributed by atoms with van der Waals surface area (Å²) in [6.45, 7) is 1.72.